The van der Waals surface area contributed by atoms with Gasteiger partial charge < -0.3 is 0 Å². The van der Waals surface area contributed by atoms with Crippen molar-refractivity contribution in [3.05, 3.63) is 23.3 Å². The van der Waals surface area contributed by atoms with E-state index in [9.17, 15) is 4.79 Å². The van der Waals surface area contributed by atoms with E-state index in [-0.39, 0.29) is 0 Å². The van der Waals surface area contributed by atoms with Gasteiger partial charge in [0.1, 0.15) is 0 Å². The Morgan fingerprint density at radius 1 is 1.00 bits per heavy atom. The van der Waals surface area contributed by atoms with Gasteiger partial charge in [-0.25, -0.2) is 0 Å². The molecule has 5 aliphatic carbocycles. The molecule has 5 atom stereocenters. The highest BCUT2D eigenvalue weighted by Gasteiger charge is 2.60. The second-order valence-corrected chi connectivity index (χ2v) is 8.64. The van der Waals surface area contributed by atoms with Crippen LogP contribution < -0.4 is 0 Å². The van der Waals surface area contributed by atoms with E-state index in [1.807, 2.05) is 11.6 Å². The zero-order chi connectivity index (χ0) is 14.2. The minimum absolute atomic E-state index is 0.356. The first-order chi connectivity index (χ1) is 10.1. The summed E-state index contributed by atoms with van der Waals surface area (Å²) in [7, 11) is 0. The molecule has 5 aliphatic rings. The van der Waals surface area contributed by atoms with Crippen molar-refractivity contribution in [3.63, 3.8) is 0 Å². The van der Waals surface area contributed by atoms with Crippen LogP contribution in [0.2, 0.25) is 0 Å². The van der Waals surface area contributed by atoms with Crippen LogP contribution in [0, 0.1) is 28.6 Å². The van der Waals surface area contributed by atoms with Gasteiger partial charge in [0, 0.05) is 6.42 Å². The zero-order valence-corrected chi connectivity index (χ0v) is 13.2. The van der Waals surface area contributed by atoms with Crippen LogP contribution in [-0.4, -0.2) is 5.78 Å². The predicted molar refractivity (Wildman–Crippen MR) is 83.7 cm³/mol. The lowest BCUT2D eigenvalue weighted by Gasteiger charge is -2.59. The Labute approximate surface area is 127 Å². The summed E-state index contributed by atoms with van der Waals surface area (Å²) in [5.41, 5.74) is 4.35. The van der Waals surface area contributed by atoms with Crippen molar-refractivity contribution in [1.82, 2.24) is 0 Å². The molecule has 0 N–H and O–H groups in total. The molecule has 0 aliphatic heterocycles. The Bertz CT molecular complexity index is 583. The molecule has 0 radical (unpaired) electrons. The largest absolute Gasteiger partial charge is 0.295 e. The first kappa shape index (κ1) is 12.7. The Kier molecular flexibility index (Phi) is 2.36. The molecule has 0 aromatic rings. The van der Waals surface area contributed by atoms with E-state index in [1.165, 1.54) is 50.5 Å². The highest BCUT2D eigenvalue weighted by atomic mass is 16.1. The summed E-state index contributed by atoms with van der Waals surface area (Å²) in [5.74, 6) is 3.17. The van der Waals surface area contributed by atoms with Crippen LogP contribution in [-0.2, 0) is 4.79 Å². The number of hydrogen-bond donors (Lipinski definition) is 0. The van der Waals surface area contributed by atoms with E-state index in [2.05, 4.69) is 13.0 Å². The molecule has 0 aromatic heterocycles. The number of hydrogen-bond acceptors (Lipinski definition) is 1. The molecule has 5 rings (SSSR count). The number of rotatable bonds is 0. The van der Waals surface area contributed by atoms with Crippen LogP contribution in [0.4, 0.5) is 0 Å². The average molecular weight is 282 g/mol. The molecule has 1 nitrogen and oxygen atoms in total. The summed E-state index contributed by atoms with van der Waals surface area (Å²) in [6.45, 7) is 2.49. The summed E-state index contributed by atoms with van der Waals surface area (Å²) < 4.78 is 0. The maximum atomic E-state index is 11.8. The Morgan fingerprint density at radius 2 is 1.86 bits per heavy atom. The molecule has 0 amide bonds. The van der Waals surface area contributed by atoms with Crippen molar-refractivity contribution in [2.24, 2.45) is 28.6 Å². The molecule has 21 heavy (non-hydrogen) atoms. The maximum Gasteiger partial charge on any atom is 0.155 e. The van der Waals surface area contributed by atoms with Gasteiger partial charge in [0.05, 0.1) is 0 Å². The summed E-state index contributed by atoms with van der Waals surface area (Å²) in [5, 5.41) is 0. The molecule has 3 saturated carbocycles. The van der Waals surface area contributed by atoms with Gasteiger partial charge in [0.15, 0.2) is 5.78 Å². The van der Waals surface area contributed by atoms with Gasteiger partial charge in [-0.2, -0.15) is 0 Å². The third kappa shape index (κ3) is 1.41. The fraction of sp³-hybridized carbons (Fsp3) is 0.750. The lowest BCUT2D eigenvalue weighted by molar-refractivity contribution is -0.117. The summed E-state index contributed by atoms with van der Waals surface area (Å²) >= 11 is 0. The fourth-order valence-electron chi connectivity index (χ4n) is 7.09. The number of carbonyl (C=O) groups excluding carboxylic acids is 1. The van der Waals surface area contributed by atoms with E-state index in [4.69, 9.17) is 0 Å². The van der Waals surface area contributed by atoms with Gasteiger partial charge in [-0.1, -0.05) is 24.1 Å². The molecule has 0 saturated heterocycles. The number of fused-ring (bicyclic) bond motifs is 4. The van der Waals surface area contributed by atoms with E-state index in [0.29, 0.717) is 16.6 Å². The smallest absolute Gasteiger partial charge is 0.155 e. The lowest BCUT2D eigenvalue weighted by atomic mass is 9.45. The van der Waals surface area contributed by atoms with Gasteiger partial charge in [-0.3, -0.25) is 4.79 Å². The molecule has 1 spiro atoms. The Balaban J connectivity index is 1.53. The molecule has 5 unspecified atom stereocenters. The van der Waals surface area contributed by atoms with Gasteiger partial charge >= 0.3 is 0 Å². The highest BCUT2D eigenvalue weighted by Crippen LogP contribution is 2.70. The molecular weight excluding hydrogens is 256 g/mol. The van der Waals surface area contributed by atoms with Crippen molar-refractivity contribution in [2.75, 3.05) is 0 Å². The normalized spacial score (nSPS) is 50.9. The predicted octanol–water partition coefficient (Wildman–Crippen LogP) is 4.83. The minimum atomic E-state index is 0.356. The van der Waals surface area contributed by atoms with Crippen molar-refractivity contribution in [2.45, 2.75) is 64.7 Å². The quantitative estimate of drug-likeness (QED) is 0.582. The van der Waals surface area contributed by atoms with Gasteiger partial charge in [0.25, 0.3) is 0 Å². The van der Waals surface area contributed by atoms with E-state index >= 15 is 0 Å². The second kappa shape index (κ2) is 3.91. The molecule has 1 heteroatoms. The molecular formula is C20H26O. The molecule has 0 aromatic carbocycles. The minimum Gasteiger partial charge on any atom is -0.295 e. The zero-order valence-electron chi connectivity index (χ0n) is 13.2. The highest BCUT2D eigenvalue weighted by molar-refractivity contribution is 5.91. The molecule has 3 fully saturated rings. The van der Waals surface area contributed by atoms with Gasteiger partial charge in [-0.15, -0.1) is 0 Å². The first-order valence-corrected chi connectivity index (χ1v) is 9.07. The SMILES string of the molecule is CC12CCC(=O)C=C1CCC1C2CCC23CC=C2CCC13. The lowest BCUT2D eigenvalue weighted by Crippen LogP contribution is -2.51. The van der Waals surface area contributed by atoms with Crippen molar-refractivity contribution < 1.29 is 4.79 Å². The summed E-state index contributed by atoms with van der Waals surface area (Å²) in [4.78, 5) is 11.8. The van der Waals surface area contributed by atoms with Crippen LogP contribution in [0.1, 0.15) is 64.7 Å². The van der Waals surface area contributed by atoms with Crippen molar-refractivity contribution in [1.29, 1.82) is 0 Å². The number of allylic oxidation sites excluding steroid dienone is 3. The van der Waals surface area contributed by atoms with Crippen molar-refractivity contribution >= 4 is 5.78 Å². The third-order valence-corrected chi connectivity index (χ3v) is 8.25. The van der Waals surface area contributed by atoms with Crippen LogP contribution in [0.3, 0.4) is 0 Å². The summed E-state index contributed by atoms with van der Waals surface area (Å²) in [6.07, 6.45) is 16.2. The molecule has 0 heterocycles. The van der Waals surface area contributed by atoms with Crippen molar-refractivity contribution in [3.8, 4) is 0 Å². The average Bonchev–Trinajstić information content (AvgIpc) is 2.72. The molecule has 112 valence electrons. The Hall–Kier alpha value is -0.850. The molecule has 0 bridgehead atoms. The fourth-order valence-corrected chi connectivity index (χ4v) is 7.09. The van der Waals surface area contributed by atoms with Crippen LogP contribution in [0.25, 0.3) is 0 Å². The van der Waals surface area contributed by atoms with Gasteiger partial charge in [-0.05, 0) is 86.0 Å². The van der Waals surface area contributed by atoms with Gasteiger partial charge in [0.2, 0.25) is 0 Å². The monoisotopic (exact) mass is 282 g/mol. The van der Waals surface area contributed by atoms with E-state index < -0.39 is 0 Å². The van der Waals surface area contributed by atoms with Crippen LogP contribution in [0.15, 0.2) is 23.3 Å². The maximum absolute atomic E-state index is 11.8. The van der Waals surface area contributed by atoms with Crippen LogP contribution in [0.5, 0.6) is 0 Å². The standard InChI is InChI=1S/C20H26O/c1-19-9-7-15(21)12-14(19)2-4-16-17(19)8-11-20-10-6-13(20)3-5-18(16)20/h6,12,16-18H,2-5,7-11H2,1H3. The van der Waals surface area contributed by atoms with E-state index in [0.717, 1.165) is 30.6 Å². The van der Waals surface area contributed by atoms with Crippen LogP contribution >= 0.6 is 0 Å². The number of ketones is 1. The third-order valence-electron chi connectivity index (χ3n) is 8.25. The summed E-state index contributed by atoms with van der Waals surface area (Å²) in [6, 6.07) is 0. The first-order valence-electron chi connectivity index (χ1n) is 9.07. The van der Waals surface area contributed by atoms with E-state index in [1.54, 1.807) is 0 Å². The number of carbonyl (C=O) groups is 1. The Morgan fingerprint density at radius 3 is 2.67 bits per heavy atom. The topological polar surface area (TPSA) is 17.1 Å². The second-order valence-electron chi connectivity index (χ2n) is 8.64.